The minimum Gasteiger partial charge on any atom is -0.463 e. The number of esters is 6. The highest BCUT2D eigenvalue weighted by atomic mass is 16.6. The van der Waals surface area contributed by atoms with E-state index >= 15 is 0 Å². The Hall–Kier alpha value is -5.77. The predicted molar refractivity (Wildman–Crippen MR) is 526 cm³/mol. The SMILES string of the molecule is CC(C)C(=O)OC[C@H]1CN(C(C)C)CCO1.CC(C)N1CCOC[C@H]1C(=O)NCCO.CC(C)N1CCO[C@@H](COC(=O)C(C)(C)C)C1.CC(C)[C@H](N)C(=O)OC[C@@H]1COCCN1C(C)C.CC(C)[C@H](NC(=O)OC(C)(C)C)C(=O)OC[C@@H]1COCCN1C(C)C.CCC(=O)OC[C@H]1CN(C(C)C)CCO1.CC[C@H](N)C(=O)OC[C@@H]1COCCN1C(C)C.CONC(=O)[C@@H]1COCCN1C(C)C. The number of hydrogen-bond donors (Lipinski definition) is 6. The first-order valence-electron chi connectivity index (χ1n) is 50.2. The van der Waals surface area contributed by atoms with Gasteiger partial charge in [-0.2, -0.15) is 0 Å². The van der Waals surface area contributed by atoms with Gasteiger partial charge in [0.1, 0.15) is 93.8 Å². The van der Waals surface area contributed by atoms with E-state index in [1.165, 1.54) is 7.11 Å². The molecule has 0 spiro atoms. The maximum atomic E-state index is 12.5. The number of rotatable bonds is 34. The molecular formula is C98H191N13O26. The number of amides is 3. The Bertz CT molecular complexity index is 3300. The molecule has 8 aliphatic rings. The van der Waals surface area contributed by atoms with Gasteiger partial charge in [-0.05, 0) is 171 Å². The molecule has 804 valence electrons. The number of ether oxygens (including phenoxy) is 15. The molecule has 8 saturated heterocycles. The fourth-order valence-corrected chi connectivity index (χ4v) is 15.0. The fourth-order valence-electron chi connectivity index (χ4n) is 15.0. The van der Waals surface area contributed by atoms with Gasteiger partial charge in [-0.25, -0.2) is 15.1 Å². The Morgan fingerprint density at radius 2 is 0.759 bits per heavy atom. The number of morpholine rings is 8. The van der Waals surface area contributed by atoms with Gasteiger partial charge in [0.25, 0.3) is 5.91 Å². The van der Waals surface area contributed by atoms with Crippen LogP contribution in [-0.2, 0) is 114 Å². The van der Waals surface area contributed by atoms with Crippen molar-refractivity contribution in [1.29, 1.82) is 0 Å². The van der Waals surface area contributed by atoms with Crippen LogP contribution in [0.1, 0.15) is 221 Å². The number of nitrogens with zero attached hydrogens (tertiary/aromatic N) is 8. The number of nitrogens with one attached hydrogen (secondary N) is 3. The molecule has 0 aliphatic carbocycles. The molecule has 8 aliphatic heterocycles. The third-order valence-corrected chi connectivity index (χ3v) is 23.6. The highest BCUT2D eigenvalue weighted by molar-refractivity contribution is 5.83. The standard InChI is InChI=1S/C18H34N2O5.C13H26N2O3.C13H25NO3.C12H24N2O3.C12H23NO3.C11H21NO3.C10H20N2O3.C9H18N2O3/c1-12(2)15(19-17(22)25-18(5,6)7)16(21)24-11-14-10-23-9-8-20(14)13(3)4;1-9(2)12(14)13(16)18-8-11-7-17-6-5-15(11)10(3)4;1-10(2)14-6-7-16-11(8-14)9-17-12(15)13(3,4)5;1-4-11(13)12(15)17-8-10-7-16-6-5-14(10)9(2)3;1-9(2)12(14)16-8-11-7-13(10(3)4)5-6-15-11;1-4-11(13)15-8-10-7-12(9(2)3)5-6-14-10;1-8(2)12-4-6-15-7-9(12)10(14)11-3-5-13;1-7(2)11-4-5-14-6-8(11)9(12)10-13-3/h12-15H,8-11H2,1-7H3,(H,19,22);9-12H,5-8,14H2,1-4H3;10-11H,6-9H2,1-5H3;9-11H,4-8,13H2,1-3H3;9-11H,5-8H2,1-4H3;9-10H,4-8H2,1-3H3;8-9,13H,3-7H2,1-2H3,(H,11,14);7-8H,4-6H2,1-3H3,(H,10,12)/t14-,15-;11-,12-;11-;10-,11-;11-;10-;9-;8-/m00101100/s1. The Morgan fingerprint density at radius 1 is 0.409 bits per heavy atom. The number of hydroxylamine groups is 1. The van der Waals surface area contributed by atoms with Gasteiger partial charge in [-0.1, -0.05) is 55.4 Å². The number of aliphatic hydroxyl groups excluding tert-OH is 1. The van der Waals surface area contributed by atoms with E-state index in [2.05, 4.69) is 171 Å². The molecule has 0 aromatic rings. The molecule has 8 rings (SSSR count). The average molecular weight is 1970 g/mol. The van der Waals surface area contributed by atoms with Crippen molar-refractivity contribution in [3.05, 3.63) is 0 Å². The molecule has 137 heavy (non-hydrogen) atoms. The minimum absolute atomic E-state index is 0.0115. The molecule has 0 aromatic carbocycles. The Morgan fingerprint density at radius 3 is 1.09 bits per heavy atom. The lowest BCUT2D eigenvalue weighted by molar-refractivity contribution is -0.160. The van der Waals surface area contributed by atoms with Crippen LogP contribution in [0.2, 0.25) is 0 Å². The van der Waals surface area contributed by atoms with Gasteiger partial charge in [-0.15, -0.1) is 0 Å². The molecule has 0 radical (unpaired) electrons. The second-order valence-electron chi connectivity index (χ2n) is 40.7. The van der Waals surface area contributed by atoms with Crippen molar-refractivity contribution >= 4 is 53.7 Å². The van der Waals surface area contributed by atoms with E-state index in [0.29, 0.717) is 154 Å². The summed E-state index contributed by atoms with van der Waals surface area (Å²) in [6.07, 6.45) is 0.495. The molecule has 0 saturated carbocycles. The summed E-state index contributed by atoms with van der Waals surface area (Å²) in [5, 5.41) is 13.9. The van der Waals surface area contributed by atoms with E-state index < -0.39 is 41.2 Å². The first-order chi connectivity index (χ1) is 64.3. The van der Waals surface area contributed by atoms with Crippen LogP contribution in [0.4, 0.5) is 4.79 Å². The lowest BCUT2D eigenvalue weighted by Gasteiger charge is -2.38. The lowest BCUT2D eigenvalue weighted by Crippen LogP contribution is -2.56. The van der Waals surface area contributed by atoms with E-state index in [1.807, 2.05) is 69.2 Å². The van der Waals surface area contributed by atoms with Crippen molar-refractivity contribution in [3.8, 4) is 0 Å². The van der Waals surface area contributed by atoms with Crippen LogP contribution in [0.5, 0.6) is 0 Å². The Kier molecular flexibility index (Phi) is 66.1. The maximum absolute atomic E-state index is 12.5. The van der Waals surface area contributed by atoms with Crippen molar-refractivity contribution in [2.24, 2.45) is 34.6 Å². The Labute approximate surface area is 823 Å². The molecular weight excluding hydrogens is 1780 g/mol. The average Bonchev–Trinajstić information content (AvgIpc) is 0.861. The zero-order valence-electron chi connectivity index (χ0n) is 90.1. The fraction of sp³-hybridized carbons (Fsp3) is 0.908. The summed E-state index contributed by atoms with van der Waals surface area (Å²) in [4.78, 5) is 128. The van der Waals surface area contributed by atoms with Crippen molar-refractivity contribution in [1.82, 2.24) is 55.3 Å². The Balaban J connectivity index is 0.000000788. The van der Waals surface area contributed by atoms with Gasteiger partial charge in [0.2, 0.25) is 5.91 Å². The summed E-state index contributed by atoms with van der Waals surface area (Å²) in [6, 6.07) is 1.53. The van der Waals surface area contributed by atoms with Crippen LogP contribution in [-0.4, -0.2) is 436 Å². The topological polar surface area (TPSA) is 436 Å². The summed E-state index contributed by atoms with van der Waals surface area (Å²) >= 11 is 0. The molecule has 0 aromatic heterocycles. The normalized spacial score (nSPS) is 22.7. The molecule has 0 bridgehead atoms. The molecule has 0 unspecified atom stereocenters. The van der Waals surface area contributed by atoms with Crippen LogP contribution in [0.15, 0.2) is 0 Å². The highest BCUT2D eigenvalue weighted by Gasteiger charge is 2.38. The number of alkyl carbamates (subject to hydrolysis) is 1. The first kappa shape index (κ1) is 129. The van der Waals surface area contributed by atoms with Crippen molar-refractivity contribution in [2.75, 3.05) is 218 Å². The summed E-state index contributed by atoms with van der Waals surface area (Å²) in [7, 11) is 1.43. The molecule has 8 fully saturated rings. The van der Waals surface area contributed by atoms with Crippen molar-refractivity contribution < 1.29 is 124 Å². The molecule has 8 N–H and O–H groups in total. The lowest BCUT2D eigenvalue weighted by atomic mass is 9.97. The third kappa shape index (κ3) is 53.9. The number of nitrogens with two attached hydrogens (primary N) is 2. The summed E-state index contributed by atoms with van der Waals surface area (Å²) < 4.78 is 80.4. The summed E-state index contributed by atoms with van der Waals surface area (Å²) in [5.74, 6) is -1.82. The first-order valence-corrected chi connectivity index (χ1v) is 50.2. The van der Waals surface area contributed by atoms with Crippen LogP contribution < -0.4 is 27.6 Å². The van der Waals surface area contributed by atoms with Gasteiger partial charge in [0, 0.05) is 133 Å². The molecule has 8 heterocycles. The van der Waals surface area contributed by atoms with E-state index in [0.717, 1.165) is 105 Å². The minimum atomic E-state index is -0.744. The van der Waals surface area contributed by atoms with E-state index in [9.17, 15) is 43.2 Å². The number of carbonyl (C=O) groups excluding carboxylic acids is 9. The second kappa shape index (κ2) is 70.0. The summed E-state index contributed by atoms with van der Waals surface area (Å²) in [6.45, 7) is 80.2. The van der Waals surface area contributed by atoms with Gasteiger partial charge in [0.05, 0.1) is 129 Å². The molecule has 3 amide bonds. The highest BCUT2D eigenvalue weighted by Crippen LogP contribution is 2.22. The molecule has 39 heteroatoms. The molecule has 39 nitrogen and oxygen atoms in total. The van der Waals surface area contributed by atoms with Gasteiger partial charge >= 0.3 is 41.9 Å². The van der Waals surface area contributed by atoms with Crippen LogP contribution in [0.25, 0.3) is 0 Å². The van der Waals surface area contributed by atoms with Gasteiger partial charge < -0.3 is 98.3 Å². The van der Waals surface area contributed by atoms with E-state index in [4.69, 9.17) is 87.6 Å². The third-order valence-electron chi connectivity index (χ3n) is 23.6. The van der Waals surface area contributed by atoms with Crippen molar-refractivity contribution in [2.45, 2.75) is 341 Å². The van der Waals surface area contributed by atoms with Crippen LogP contribution in [0, 0.1) is 23.2 Å². The quantitative estimate of drug-likeness (QED) is 0.0237. The predicted octanol–water partition coefficient (Wildman–Crippen LogP) is 6.19. The zero-order valence-corrected chi connectivity index (χ0v) is 90.1. The van der Waals surface area contributed by atoms with Crippen LogP contribution in [0.3, 0.4) is 0 Å². The number of aliphatic hydroxyl groups is 1. The van der Waals surface area contributed by atoms with Gasteiger partial charge in [0.15, 0.2) is 0 Å². The monoisotopic (exact) mass is 1970 g/mol. The largest absolute Gasteiger partial charge is 0.463 e. The van der Waals surface area contributed by atoms with Crippen LogP contribution >= 0.6 is 0 Å². The second-order valence-corrected chi connectivity index (χ2v) is 40.7. The number of hydrogen-bond acceptors (Lipinski definition) is 36. The van der Waals surface area contributed by atoms with Gasteiger partial charge in [-0.3, -0.25) is 77.6 Å². The van der Waals surface area contributed by atoms with E-state index in [-0.39, 0.29) is 121 Å². The summed E-state index contributed by atoms with van der Waals surface area (Å²) in [5.41, 5.74) is 12.6. The molecule has 11 atom stereocenters. The smallest absolute Gasteiger partial charge is 0.408 e. The maximum Gasteiger partial charge on any atom is 0.408 e. The zero-order chi connectivity index (χ0) is 104. The van der Waals surface area contributed by atoms with E-state index in [1.54, 1.807) is 27.7 Å². The van der Waals surface area contributed by atoms with Crippen molar-refractivity contribution in [3.63, 3.8) is 0 Å². The number of carbonyl (C=O) groups is 9.